The van der Waals surface area contributed by atoms with Gasteiger partial charge < -0.3 is 9.84 Å². The molecule has 2 aliphatic heterocycles. The van der Waals surface area contributed by atoms with Crippen molar-refractivity contribution in [3.05, 3.63) is 35.4 Å². The predicted octanol–water partition coefficient (Wildman–Crippen LogP) is 2.71. The monoisotopic (exact) mass is 289 g/mol. The van der Waals surface area contributed by atoms with Gasteiger partial charge in [-0.15, -0.1) is 0 Å². The first-order chi connectivity index (χ1) is 10.1. The summed E-state index contributed by atoms with van der Waals surface area (Å²) in [5, 5.41) is 11.2. The highest BCUT2D eigenvalue weighted by Gasteiger charge is 2.45. The van der Waals surface area contributed by atoms with Crippen molar-refractivity contribution in [3.8, 4) is 0 Å². The average Bonchev–Trinajstić information content (AvgIpc) is 2.47. The number of hydrogen-bond acceptors (Lipinski definition) is 3. The second-order valence-corrected chi connectivity index (χ2v) is 6.75. The molecule has 1 N–H and O–H groups in total. The molecule has 1 aromatic carbocycles. The second-order valence-electron chi connectivity index (χ2n) is 6.75. The van der Waals surface area contributed by atoms with Crippen LogP contribution in [0.2, 0.25) is 0 Å². The lowest BCUT2D eigenvalue weighted by Crippen LogP contribution is -2.59. The van der Waals surface area contributed by atoms with Crippen LogP contribution in [0.25, 0.3) is 0 Å². The van der Waals surface area contributed by atoms with Gasteiger partial charge in [0.05, 0.1) is 18.8 Å². The van der Waals surface area contributed by atoms with Crippen LogP contribution in [0.3, 0.4) is 0 Å². The summed E-state index contributed by atoms with van der Waals surface area (Å²) >= 11 is 0. The molecule has 2 atom stereocenters. The number of rotatable bonds is 4. The summed E-state index contributed by atoms with van der Waals surface area (Å²) in [4.78, 5) is 2.38. The molecule has 2 fully saturated rings. The van der Waals surface area contributed by atoms with E-state index >= 15 is 0 Å². The summed E-state index contributed by atoms with van der Waals surface area (Å²) < 4.78 is 5.65. The van der Waals surface area contributed by atoms with E-state index in [9.17, 15) is 5.11 Å². The van der Waals surface area contributed by atoms with Crippen LogP contribution in [0.1, 0.15) is 43.7 Å². The Kier molecular flexibility index (Phi) is 4.34. The van der Waals surface area contributed by atoms with E-state index < -0.39 is 5.60 Å². The van der Waals surface area contributed by atoms with E-state index in [1.165, 1.54) is 18.4 Å². The van der Waals surface area contributed by atoms with E-state index in [0.29, 0.717) is 12.1 Å². The number of unbranched alkanes of at least 4 members (excludes halogenated alkanes) is 1. The molecule has 2 unspecified atom stereocenters. The molecule has 2 heterocycles. The summed E-state index contributed by atoms with van der Waals surface area (Å²) in [6.07, 6.45) is 5.14. The normalized spacial score (nSPS) is 33.1. The third-order valence-electron chi connectivity index (χ3n) is 5.23. The Bertz CT molecular complexity index is 457. The highest BCUT2D eigenvalue weighted by atomic mass is 16.5. The van der Waals surface area contributed by atoms with Crippen molar-refractivity contribution in [2.75, 3.05) is 20.3 Å². The van der Waals surface area contributed by atoms with Crippen molar-refractivity contribution >= 4 is 0 Å². The highest BCUT2D eigenvalue weighted by molar-refractivity contribution is 5.28. The number of hydrogen-bond donors (Lipinski definition) is 1. The van der Waals surface area contributed by atoms with Gasteiger partial charge in [0.15, 0.2) is 0 Å². The Morgan fingerprint density at radius 3 is 2.38 bits per heavy atom. The van der Waals surface area contributed by atoms with Crippen LogP contribution in [0.4, 0.5) is 0 Å². The summed E-state index contributed by atoms with van der Waals surface area (Å²) in [5.74, 6) is 0. The Balaban J connectivity index is 1.76. The number of morpholine rings is 1. The first-order valence-electron chi connectivity index (χ1n) is 8.24. The quantitative estimate of drug-likeness (QED) is 0.925. The Hall–Kier alpha value is -0.900. The molecule has 0 spiro atoms. The van der Waals surface area contributed by atoms with Gasteiger partial charge in [0.1, 0.15) is 0 Å². The maximum atomic E-state index is 11.2. The molecule has 21 heavy (non-hydrogen) atoms. The maximum absolute atomic E-state index is 11.2. The standard InChI is InChI=1S/C18H27NO2/c1-3-4-5-14-6-8-15(9-7-14)18(20)10-16-12-21-13-17(11-18)19(16)2/h6-9,16-17,20H,3-5,10-13H2,1-2H3. The molecule has 0 amide bonds. The molecule has 3 rings (SSSR count). The van der Waals surface area contributed by atoms with Gasteiger partial charge in [-0.1, -0.05) is 37.6 Å². The van der Waals surface area contributed by atoms with Gasteiger partial charge in [-0.3, -0.25) is 4.90 Å². The lowest BCUT2D eigenvalue weighted by molar-refractivity contribution is -0.137. The molecule has 0 saturated carbocycles. The molecule has 2 saturated heterocycles. The molecule has 3 heteroatoms. The van der Waals surface area contributed by atoms with Crippen LogP contribution in [0.15, 0.2) is 24.3 Å². The number of aliphatic hydroxyl groups is 1. The van der Waals surface area contributed by atoms with Crippen molar-refractivity contribution in [3.63, 3.8) is 0 Å². The Morgan fingerprint density at radius 1 is 1.19 bits per heavy atom. The number of piperidine rings is 1. The zero-order valence-electron chi connectivity index (χ0n) is 13.2. The molecule has 0 aliphatic carbocycles. The fourth-order valence-electron chi connectivity index (χ4n) is 3.74. The zero-order chi connectivity index (χ0) is 14.9. The molecular weight excluding hydrogens is 262 g/mol. The summed E-state index contributed by atoms with van der Waals surface area (Å²) in [6.45, 7) is 3.70. The van der Waals surface area contributed by atoms with Crippen LogP contribution in [0, 0.1) is 0 Å². The van der Waals surface area contributed by atoms with Gasteiger partial charge in [0.2, 0.25) is 0 Å². The smallest absolute Gasteiger partial charge is 0.0928 e. The van der Waals surface area contributed by atoms with Crippen LogP contribution in [-0.4, -0.2) is 42.4 Å². The molecule has 1 aromatic rings. The van der Waals surface area contributed by atoms with Crippen LogP contribution in [0.5, 0.6) is 0 Å². The molecule has 3 nitrogen and oxygen atoms in total. The number of benzene rings is 1. The molecule has 0 aromatic heterocycles. The first kappa shape index (κ1) is 15.0. The highest BCUT2D eigenvalue weighted by Crippen LogP contribution is 2.40. The van der Waals surface area contributed by atoms with Crippen LogP contribution < -0.4 is 0 Å². The van der Waals surface area contributed by atoms with Crippen molar-refractivity contribution in [2.24, 2.45) is 0 Å². The van der Waals surface area contributed by atoms with E-state index in [0.717, 1.165) is 38.0 Å². The van der Waals surface area contributed by atoms with Gasteiger partial charge >= 0.3 is 0 Å². The van der Waals surface area contributed by atoms with Gasteiger partial charge in [-0.05, 0) is 43.9 Å². The zero-order valence-corrected chi connectivity index (χ0v) is 13.2. The summed E-state index contributed by atoms with van der Waals surface area (Å²) in [6, 6.07) is 9.31. The van der Waals surface area contributed by atoms with Gasteiger partial charge in [0, 0.05) is 12.1 Å². The van der Waals surface area contributed by atoms with Gasteiger partial charge in [-0.25, -0.2) is 0 Å². The fraction of sp³-hybridized carbons (Fsp3) is 0.667. The number of nitrogens with zero attached hydrogens (tertiary/aromatic N) is 1. The molecule has 116 valence electrons. The van der Waals surface area contributed by atoms with E-state index in [2.05, 4.69) is 43.1 Å². The first-order valence-corrected chi connectivity index (χ1v) is 8.24. The Labute approximate surface area is 127 Å². The second kappa shape index (κ2) is 6.07. The van der Waals surface area contributed by atoms with E-state index in [-0.39, 0.29) is 0 Å². The molecular formula is C18H27NO2. The minimum Gasteiger partial charge on any atom is -0.385 e. The molecule has 0 radical (unpaired) electrons. The predicted molar refractivity (Wildman–Crippen MR) is 84.3 cm³/mol. The SMILES string of the molecule is CCCCc1ccc(C2(O)CC3COCC(C2)N3C)cc1. The third-order valence-corrected chi connectivity index (χ3v) is 5.23. The van der Waals surface area contributed by atoms with Gasteiger partial charge in [-0.2, -0.15) is 0 Å². The molecule has 2 bridgehead atoms. The minimum atomic E-state index is -0.686. The van der Waals surface area contributed by atoms with E-state index in [1.807, 2.05) is 0 Å². The fourth-order valence-corrected chi connectivity index (χ4v) is 3.74. The lowest BCUT2D eigenvalue weighted by atomic mass is 9.77. The van der Waals surface area contributed by atoms with E-state index in [1.54, 1.807) is 0 Å². The summed E-state index contributed by atoms with van der Waals surface area (Å²) in [5.41, 5.74) is 1.77. The lowest BCUT2D eigenvalue weighted by Gasteiger charge is -2.50. The van der Waals surface area contributed by atoms with Crippen molar-refractivity contribution in [1.82, 2.24) is 4.90 Å². The minimum absolute atomic E-state index is 0.335. The van der Waals surface area contributed by atoms with Crippen molar-refractivity contribution < 1.29 is 9.84 Å². The van der Waals surface area contributed by atoms with Gasteiger partial charge in [0.25, 0.3) is 0 Å². The Morgan fingerprint density at radius 2 is 1.81 bits per heavy atom. The van der Waals surface area contributed by atoms with Crippen LogP contribution >= 0.6 is 0 Å². The van der Waals surface area contributed by atoms with Crippen molar-refractivity contribution in [2.45, 2.75) is 56.7 Å². The van der Waals surface area contributed by atoms with E-state index in [4.69, 9.17) is 4.74 Å². The number of ether oxygens (including phenoxy) is 1. The maximum Gasteiger partial charge on any atom is 0.0928 e. The summed E-state index contributed by atoms with van der Waals surface area (Å²) in [7, 11) is 2.16. The number of fused-ring (bicyclic) bond motifs is 2. The largest absolute Gasteiger partial charge is 0.385 e. The number of likely N-dealkylation sites (N-methyl/N-ethyl adjacent to an activating group) is 1. The third kappa shape index (κ3) is 3.01. The van der Waals surface area contributed by atoms with Crippen LogP contribution in [-0.2, 0) is 16.8 Å². The topological polar surface area (TPSA) is 32.7 Å². The number of aryl methyl sites for hydroxylation is 1. The van der Waals surface area contributed by atoms with Crippen molar-refractivity contribution in [1.29, 1.82) is 0 Å². The molecule has 2 aliphatic rings. The average molecular weight is 289 g/mol.